The van der Waals surface area contributed by atoms with Crippen LogP contribution in [0.4, 0.5) is 0 Å². The zero-order valence-electron chi connectivity index (χ0n) is 16.0. The first-order chi connectivity index (χ1) is 14.0. The monoisotopic (exact) mass is 421 g/mol. The van der Waals surface area contributed by atoms with E-state index >= 15 is 0 Å². The minimum absolute atomic E-state index is 0.178. The summed E-state index contributed by atoms with van der Waals surface area (Å²) in [6, 6.07) is 22.7. The molecule has 29 heavy (non-hydrogen) atoms. The molecule has 1 aliphatic carbocycles. The Balaban J connectivity index is 1.70. The Bertz CT molecular complexity index is 1340. The minimum atomic E-state index is -3.70. The van der Waals surface area contributed by atoms with Crippen LogP contribution in [0.1, 0.15) is 28.3 Å². The van der Waals surface area contributed by atoms with Gasteiger partial charge in [-0.25, -0.2) is 12.4 Å². The molecule has 3 nitrogen and oxygen atoms in total. The van der Waals surface area contributed by atoms with Crippen molar-refractivity contribution in [3.05, 3.63) is 100 Å². The van der Waals surface area contributed by atoms with E-state index in [0.717, 1.165) is 44.7 Å². The molecule has 0 saturated heterocycles. The first kappa shape index (κ1) is 18.5. The number of hydrogen-bond acceptors (Lipinski definition) is 2. The molecule has 5 heteroatoms. The predicted octanol–water partition coefficient (Wildman–Crippen LogP) is 5.72. The molecule has 0 amide bonds. The summed E-state index contributed by atoms with van der Waals surface area (Å²) < 4.78 is 28.8. The van der Waals surface area contributed by atoms with Gasteiger partial charge in [0.25, 0.3) is 10.0 Å². The predicted molar refractivity (Wildman–Crippen MR) is 117 cm³/mol. The van der Waals surface area contributed by atoms with E-state index in [1.54, 1.807) is 16.1 Å². The largest absolute Gasteiger partial charge is 0.268 e. The molecule has 0 fully saturated rings. The second-order valence-electron chi connectivity index (χ2n) is 7.65. The number of nitrogens with zero attached hydrogens (tertiary/aromatic N) is 1. The first-order valence-corrected chi connectivity index (χ1v) is 11.5. The maximum Gasteiger partial charge on any atom is 0.268 e. The van der Waals surface area contributed by atoms with Crippen molar-refractivity contribution in [2.75, 3.05) is 0 Å². The number of rotatable bonds is 3. The molecule has 4 aromatic rings. The van der Waals surface area contributed by atoms with Crippen molar-refractivity contribution in [3.63, 3.8) is 0 Å². The summed E-state index contributed by atoms with van der Waals surface area (Å²) >= 11 is 6.45. The van der Waals surface area contributed by atoms with Gasteiger partial charge in [-0.3, -0.25) is 0 Å². The Morgan fingerprint density at radius 3 is 2.34 bits per heavy atom. The molecule has 1 aromatic heterocycles. The third-order valence-corrected chi connectivity index (χ3v) is 7.95. The number of para-hydroxylation sites is 1. The lowest BCUT2D eigenvalue weighted by Crippen LogP contribution is -2.16. The van der Waals surface area contributed by atoms with Gasteiger partial charge in [0.1, 0.15) is 0 Å². The van der Waals surface area contributed by atoms with E-state index in [1.165, 1.54) is 0 Å². The number of halogens is 1. The van der Waals surface area contributed by atoms with Gasteiger partial charge in [0.2, 0.25) is 0 Å². The highest BCUT2D eigenvalue weighted by molar-refractivity contribution is 7.90. The number of hydrogen-bond donors (Lipinski definition) is 0. The molecule has 0 spiro atoms. The van der Waals surface area contributed by atoms with Crippen LogP contribution in [-0.4, -0.2) is 12.4 Å². The SMILES string of the molecule is Cc1ccc(S(=O)(=O)n2c3c(c4ccccc42)CC(c2ccccc2Cl)C3)cc1. The van der Waals surface area contributed by atoms with Gasteiger partial charge in [-0.2, -0.15) is 0 Å². The minimum Gasteiger partial charge on any atom is -0.238 e. The van der Waals surface area contributed by atoms with Gasteiger partial charge in [-0.05, 0) is 61.1 Å². The number of aromatic nitrogens is 1. The molecular weight excluding hydrogens is 402 g/mol. The van der Waals surface area contributed by atoms with E-state index in [-0.39, 0.29) is 5.92 Å². The average Bonchev–Trinajstić information content (AvgIpc) is 3.25. The van der Waals surface area contributed by atoms with Crippen molar-refractivity contribution in [1.82, 2.24) is 3.97 Å². The van der Waals surface area contributed by atoms with Crippen molar-refractivity contribution in [2.24, 2.45) is 0 Å². The van der Waals surface area contributed by atoms with Gasteiger partial charge < -0.3 is 0 Å². The van der Waals surface area contributed by atoms with Crippen molar-refractivity contribution in [3.8, 4) is 0 Å². The lowest BCUT2D eigenvalue weighted by molar-refractivity contribution is 0.586. The fourth-order valence-corrected chi connectivity index (χ4v) is 6.31. The molecule has 0 aliphatic heterocycles. The van der Waals surface area contributed by atoms with Crippen LogP contribution in [0.3, 0.4) is 0 Å². The second-order valence-corrected chi connectivity index (χ2v) is 9.85. The molecule has 5 rings (SSSR count). The van der Waals surface area contributed by atoms with Crippen molar-refractivity contribution in [1.29, 1.82) is 0 Å². The second kappa shape index (κ2) is 6.75. The fourth-order valence-electron chi connectivity index (χ4n) is 4.43. The molecule has 0 bridgehead atoms. The van der Waals surface area contributed by atoms with Gasteiger partial charge in [-0.15, -0.1) is 0 Å². The summed E-state index contributed by atoms with van der Waals surface area (Å²) in [5.74, 6) is 0.178. The van der Waals surface area contributed by atoms with Crippen LogP contribution in [0.2, 0.25) is 5.02 Å². The van der Waals surface area contributed by atoms with Gasteiger partial charge in [0.15, 0.2) is 0 Å². The first-order valence-electron chi connectivity index (χ1n) is 9.64. The fraction of sp³-hybridized carbons (Fsp3) is 0.167. The molecule has 1 unspecified atom stereocenters. The maximum absolute atomic E-state index is 13.6. The van der Waals surface area contributed by atoms with Crippen LogP contribution < -0.4 is 0 Å². The zero-order chi connectivity index (χ0) is 20.2. The van der Waals surface area contributed by atoms with E-state index in [0.29, 0.717) is 11.3 Å². The van der Waals surface area contributed by atoms with Crippen LogP contribution in [0.5, 0.6) is 0 Å². The van der Waals surface area contributed by atoms with Crippen molar-refractivity contribution in [2.45, 2.75) is 30.6 Å². The van der Waals surface area contributed by atoms with E-state index in [1.807, 2.05) is 67.6 Å². The lowest BCUT2D eigenvalue weighted by atomic mass is 9.96. The molecule has 0 radical (unpaired) electrons. The summed E-state index contributed by atoms with van der Waals surface area (Å²) in [6.45, 7) is 1.95. The van der Waals surface area contributed by atoms with Crippen LogP contribution in [0, 0.1) is 6.92 Å². The molecule has 1 heterocycles. The quantitative estimate of drug-likeness (QED) is 0.424. The third-order valence-electron chi connectivity index (χ3n) is 5.84. The Hall–Kier alpha value is -2.56. The molecule has 0 N–H and O–H groups in total. The molecule has 1 aliphatic rings. The van der Waals surface area contributed by atoms with Gasteiger partial charge in [-0.1, -0.05) is 65.7 Å². The lowest BCUT2D eigenvalue weighted by Gasteiger charge is -2.15. The van der Waals surface area contributed by atoms with E-state index in [4.69, 9.17) is 11.6 Å². The average molecular weight is 422 g/mol. The van der Waals surface area contributed by atoms with Gasteiger partial charge in [0.05, 0.1) is 10.4 Å². The van der Waals surface area contributed by atoms with Crippen LogP contribution in [0.15, 0.2) is 77.7 Å². The smallest absolute Gasteiger partial charge is 0.238 e. The number of aryl methyl sites for hydroxylation is 1. The highest BCUT2D eigenvalue weighted by Gasteiger charge is 2.34. The van der Waals surface area contributed by atoms with E-state index in [2.05, 4.69) is 0 Å². The normalized spacial score (nSPS) is 16.3. The van der Waals surface area contributed by atoms with Gasteiger partial charge in [0, 0.05) is 16.1 Å². The Kier molecular flexibility index (Phi) is 4.30. The standard InChI is InChI=1S/C24H20ClNO2S/c1-16-10-12-18(13-11-16)29(27,28)26-23-9-5-3-7-20(23)21-14-17(15-24(21)26)19-6-2-4-8-22(19)25/h2-13,17H,14-15H2,1H3. The Labute approximate surface area is 175 Å². The Morgan fingerprint density at radius 2 is 1.59 bits per heavy atom. The molecule has 146 valence electrons. The highest BCUT2D eigenvalue weighted by atomic mass is 35.5. The van der Waals surface area contributed by atoms with Crippen molar-refractivity contribution >= 4 is 32.5 Å². The molecule has 3 aromatic carbocycles. The summed E-state index contributed by atoms with van der Waals surface area (Å²) in [4.78, 5) is 0.313. The molecule has 0 saturated carbocycles. The number of benzene rings is 3. The molecular formula is C24H20ClNO2S. The third kappa shape index (κ3) is 2.90. The summed E-state index contributed by atoms with van der Waals surface area (Å²) in [6.07, 6.45) is 1.44. The van der Waals surface area contributed by atoms with Crippen LogP contribution in [0.25, 0.3) is 10.9 Å². The summed E-state index contributed by atoms with van der Waals surface area (Å²) in [5, 5.41) is 1.74. The van der Waals surface area contributed by atoms with Crippen LogP contribution >= 0.6 is 11.6 Å². The number of fused-ring (bicyclic) bond motifs is 3. The zero-order valence-corrected chi connectivity index (χ0v) is 17.5. The topological polar surface area (TPSA) is 39.1 Å². The van der Waals surface area contributed by atoms with E-state index < -0.39 is 10.0 Å². The van der Waals surface area contributed by atoms with Crippen LogP contribution in [-0.2, 0) is 22.9 Å². The summed E-state index contributed by atoms with van der Waals surface area (Å²) in [5.41, 5.74) is 4.84. The van der Waals surface area contributed by atoms with Gasteiger partial charge >= 0.3 is 0 Å². The maximum atomic E-state index is 13.6. The van der Waals surface area contributed by atoms with Crippen molar-refractivity contribution < 1.29 is 8.42 Å². The Morgan fingerprint density at radius 1 is 0.897 bits per heavy atom. The highest BCUT2D eigenvalue weighted by Crippen LogP contribution is 2.43. The van der Waals surface area contributed by atoms with E-state index in [9.17, 15) is 8.42 Å². The summed E-state index contributed by atoms with van der Waals surface area (Å²) in [7, 11) is -3.70. The molecule has 1 atom stereocenters.